The molecule has 0 radical (unpaired) electrons. The lowest BCUT2D eigenvalue weighted by atomic mass is 9.99. The molecule has 4 rings (SSSR count). The van der Waals surface area contributed by atoms with Crippen molar-refractivity contribution in [1.29, 1.82) is 0 Å². The monoisotopic (exact) mass is 442 g/mol. The van der Waals surface area contributed by atoms with Gasteiger partial charge in [0.1, 0.15) is 22.9 Å². The SMILES string of the molecule is CCOc1ccc(-c2coc3cc(OC)c(/C(C)=C/C(=O)Nc4cc(C)ccn4)cc23)cc1. The Kier molecular flexibility index (Phi) is 6.45. The Balaban J connectivity index is 1.68. The van der Waals surface area contributed by atoms with Gasteiger partial charge in [0, 0.05) is 34.9 Å². The molecule has 168 valence electrons. The van der Waals surface area contributed by atoms with Gasteiger partial charge in [-0.1, -0.05) is 12.1 Å². The molecular weight excluding hydrogens is 416 g/mol. The van der Waals surface area contributed by atoms with Crippen LogP contribution in [0.25, 0.3) is 27.7 Å². The molecule has 0 fully saturated rings. The molecule has 6 nitrogen and oxygen atoms in total. The molecule has 0 atom stereocenters. The molecule has 0 saturated heterocycles. The van der Waals surface area contributed by atoms with Crippen LogP contribution >= 0.6 is 0 Å². The van der Waals surface area contributed by atoms with Crippen molar-refractivity contribution in [3.63, 3.8) is 0 Å². The first-order chi connectivity index (χ1) is 16.0. The normalized spacial score (nSPS) is 11.5. The molecule has 33 heavy (non-hydrogen) atoms. The zero-order chi connectivity index (χ0) is 23.4. The molecule has 0 spiro atoms. The van der Waals surface area contributed by atoms with E-state index in [0.717, 1.165) is 39.0 Å². The molecule has 0 unspecified atom stereocenters. The Hall–Kier alpha value is -4.06. The number of ether oxygens (including phenoxy) is 2. The van der Waals surface area contributed by atoms with Crippen LogP contribution in [0, 0.1) is 6.92 Å². The quantitative estimate of drug-likeness (QED) is 0.342. The van der Waals surface area contributed by atoms with E-state index in [0.29, 0.717) is 23.8 Å². The Morgan fingerprint density at radius 1 is 1.15 bits per heavy atom. The van der Waals surface area contributed by atoms with Gasteiger partial charge in [-0.2, -0.15) is 0 Å². The number of nitrogens with zero attached hydrogens (tertiary/aromatic N) is 1. The van der Waals surface area contributed by atoms with Crippen molar-refractivity contribution < 1.29 is 18.7 Å². The van der Waals surface area contributed by atoms with Gasteiger partial charge in [0.15, 0.2) is 0 Å². The predicted molar refractivity (Wildman–Crippen MR) is 131 cm³/mol. The van der Waals surface area contributed by atoms with E-state index in [2.05, 4.69) is 10.3 Å². The van der Waals surface area contributed by atoms with E-state index >= 15 is 0 Å². The minimum absolute atomic E-state index is 0.258. The number of benzene rings is 2. The van der Waals surface area contributed by atoms with E-state index in [9.17, 15) is 4.79 Å². The molecule has 2 aromatic heterocycles. The van der Waals surface area contributed by atoms with Crippen molar-refractivity contribution in [3.05, 3.63) is 78.2 Å². The highest BCUT2D eigenvalue weighted by molar-refractivity contribution is 6.05. The molecule has 0 aliphatic rings. The number of furan rings is 1. The topological polar surface area (TPSA) is 73.6 Å². The summed E-state index contributed by atoms with van der Waals surface area (Å²) >= 11 is 0. The predicted octanol–water partition coefficient (Wildman–Crippen LogP) is 6.25. The summed E-state index contributed by atoms with van der Waals surface area (Å²) in [5, 5.41) is 3.74. The Morgan fingerprint density at radius 2 is 1.94 bits per heavy atom. The number of aromatic nitrogens is 1. The Morgan fingerprint density at radius 3 is 2.64 bits per heavy atom. The van der Waals surface area contributed by atoms with E-state index in [-0.39, 0.29) is 5.91 Å². The molecule has 0 saturated carbocycles. The fraction of sp³-hybridized carbons (Fsp3) is 0.185. The number of methoxy groups -OCH3 is 1. The van der Waals surface area contributed by atoms with Crippen molar-refractivity contribution >= 4 is 28.3 Å². The van der Waals surface area contributed by atoms with E-state index in [4.69, 9.17) is 13.9 Å². The molecule has 0 bridgehead atoms. The van der Waals surface area contributed by atoms with Gasteiger partial charge in [-0.05, 0) is 67.8 Å². The molecule has 6 heteroatoms. The number of carbonyl (C=O) groups is 1. The van der Waals surface area contributed by atoms with Crippen LogP contribution in [0.1, 0.15) is 25.0 Å². The third kappa shape index (κ3) is 4.90. The third-order valence-corrected chi connectivity index (χ3v) is 5.31. The van der Waals surface area contributed by atoms with Gasteiger partial charge in [0.25, 0.3) is 0 Å². The second-order valence-electron chi connectivity index (χ2n) is 7.69. The lowest BCUT2D eigenvalue weighted by molar-refractivity contribution is -0.111. The number of rotatable bonds is 7. The second kappa shape index (κ2) is 9.61. The summed E-state index contributed by atoms with van der Waals surface area (Å²) in [7, 11) is 1.60. The zero-order valence-electron chi connectivity index (χ0n) is 19.1. The molecule has 1 N–H and O–H groups in total. The number of hydrogen-bond acceptors (Lipinski definition) is 5. The van der Waals surface area contributed by atoms with Crippen LogP contribution < -0.4 is 14.8 Å². The first kappa shape index (κ1) is 22.1. The molecule has 4 aromatic rings. The molecule has 1 amide bonds. The van der Waals surface area contributed by atoms with Crippen molar-refractivity contribution in [2.45, 2.75) is 20.8 Å². The lowest BCUT2D eigenvalue weighted by Crippen LogP contribution is -2.10. The number of aryl methyl sites for hydroxylation is 1. The highest BCUT2D eigenvalue weighted by Gasteiger charge is 2.15. The number of hydrogen-bond donors (Lipinski definition) is 1. The first-order valence-electron chi connectivity index (χ1n) is 10.7. The smallest absolute Gasteiger partial charge is 0.249 e. The first-order valence-corrected chi connectivity index (χ1v) is 10.7. The number of nitrogens with one attached hydrogen (secondary N) is 1. The fourth-order valence-electron chi connectivity index (χ4n) is 3.69. The van der Waals surface area contributed by atoms with E-state index < -0.39 is 0 Å². The summed E-state index contributed by atoms with van der Waals surface area (Å²) < 4.78 is 16.9. The number of allylic oxidation sites excluding steroid dienone is 1. The number of amides is 1. The fourth-order valence-corrected chi connectivity index (χ4v) is 3.69. The summed E-state index contributed by atoms with van der Waals surface area (Å²) in [6, 6.07) is 15.4. The average molecular weight is 443 g/mol. The van der Waals surface area contributed by atoms with Crippen LogP contribution in [0.15, 0.2) is 71.5 Å². The minimum atomic E-state index is -0.258. The van der Waals surface area contributed by atoms with Gasteiger partial charge in [-0.15, -0.1) is 0 Å². The number of carbonyl (C=O) groups excluding carboxylic acids is 1. The van der Waals surface area contributed by atoms with Gasteiger partial charge in [-0.3, -0.25) is 4.79 Å². The summed E-state index contributed by atoms with van der Waals surface area (Å²) in [6.07, 6.45) is 4.95. The third-order valence-electron chi connectivity index (χ3n) is 5.31. The standard InChI is InChI=1S/C27H26N2O4/c1-5-32-20-8-6-19(7-9-20)23-16-33-25-15-24(31-4)21(14-22(23)25)18(3)13-27(30)29-26-12-17(2)10-11-28-26/h6-16H,5H2,1-4H3,(H,28,29,30)/b18-13+. The van der Waals surface area contributed by atoms with Gasteiger partial charge in [-0.25, -0.2) is 4.98 Å². The van der Waals surface area contributed by atoms with Crippen LogP contribution in [0.2, 0.25) is 0 Å². The summed E-state index contributed by atoms with van der Waals surface area (Å²) in [5.74, 6) is 1.71. The zero-order valence-corrected chi connectivity index (χ0v) is 19.1. The van der Waals surface area contributed by atoms with Crippen LogP contribution in [0.4, 0.5) is 5.82 Å². The van der Waals surface area contributed by atoms with Crippen LogP contribution in [0.5, 0.6) is 11.5 Å². The molecule has 0 aliphatic heterocycles. The average Bonchev–Trinajstić information content (AvgIpc) is 3.21. The highest BCUT2D eigenvalue weighted by atomic mass is 16.5. The Labute approximate surface area is 192 Å². The lowest BCUT2D eigenvalue weighted by Gasteiger charge is -2.10. The molecular formula is C27H26N2O4. The second-order valence-corrected chi connectivity index (χ2v) is 7.69. The van der Waals surface area contributed by atoms with Crippen LogP contribution in [0.3, 0.4) is 0 Å². The minimum Gasteiger partial charge on any atom is -0.496 e. The molecule has 2 heterocycles. The van der Waals surface area contributed by atoms with Gasteiger partial charge in [0.2, 0.25) is 5.91 Å². The van der Waals surface area contributed by atoms with Gasteiger partial charge in [0.05, 0.1) is 20.0 Å². The maximum Gasteiger partial charge on any atom is 0.249 e. The highest BCUT2D eigenvalue weighted by Crippen LogP contribution is 2.37. The summed E-state index contributed by atoms with van der Waals surface area (Å²) in [4.78, 5) is 16.8. The van der Waals surface area contributed by atoms with Crippen LogP contribution in [-0.4, -0.2) is 24.6 Å². The summed E-state index contributed by atoms with van der Waals surface area (Å²) in [6.45, 7) is 6.41. The molecule has 0 aliphatic carbocycles. The largest absolute Gasteiger partial charge is 0.496 e. The number of pyridine rings is 1. The van der Waals surface area contributed by atoms with Gasteiger partial charge < -0.3 is 19.2 Å². The van der Waals surface area contributed by atoms with Crippen molar-refractivity contribution in [2.75, 3.05) is 19.0 Å². The maximum atomic E-state index is 12.6. The van der Waals surface area contributed by atoms with Gasteiger partial charge >= 0.3 is 0 Å². The van der Waals surface area contributed by atoms with Crippen molar-refractivity contribution in [1.82, 2.24) is 4.98 Å². The van der Waals surface area contributed by atoms with E-state index in [1.807, 2.05) is 69.3 Å². The van der Waals surface area contributed by atoms with Crippen LogP contribution in [-0.2, 0) is 4.79 Å². The number of anilines is 1. The number of fused-ring (bicyclic) bond motifs is 1. The Bertz CT molecular complexity index is 1320. The van der Waals surface area contributed by atoms with E-state index in [1.165, 1.54) is 0 Å². The molecule has 2 aromatic carbocycles. The van der Waals surface area contributed by atoms with Crippen molar-refractivity contribution in [2.24, 2.45) is 0 Å². The van der Waals surface area contributed by atoms with E-state index in [1.54, 1.807) is 25.6 Å². The van der Waals surface area contributed by atoms with Crippen molar-refractivity contribution in [3.8, 4) is 22.6 Å². The summed E-state index contributed by atoms with van der Waals surface area (Å²) in [5.41, 5.74) is 5.27. The maximum absolute atomic E-state index is 12.6.